The van der Waals surface area contributed by atoms with Gasteiger partial charge in [0.2, 0.25) is 0 Å². The summed E-state index contributed by atoms with van der Waals surface area (Å²) in [5.74, 6) is 0.522. The lowest BCUT2D eigenvalue weighted by Gasteiger charge is -2.09. The summed E-state index contributed by atoms with van der Waals surface area (Å²) in [6.07, 6.45) is 0. The van der Waals surface area contributed by atoms with E-state index in [-0.39, 0.29) is 5.78 Å². The topological polar surface area (TPSA) is 26.3 Å². The second kappa shape index (κ2) is 5.38. The van der Waals surface area contributed by atoms with Gasteiger partial charge in [-0.1, -0.05) is 11.6 Å². The smallest absolute Gasteiger partial charge is 0.152 e. The molecule has 0 N–H and O–H groups in total. The molecule has 0 fully saturated rings. The van der Waals surface area contributed by atoms with E-state index >= 15 is 0 Å². The zero-order valence-electron chi connectivity index (χ0n) is 8.59. The molecule has 0 aromatic heterocycles. The Morgan fingerprint density at radius 1 is 1.47 bits per heavy atom. The van der Waals surface area contributed by atoms with E-state index in [4.69, 9.17) is 27.9 Å². The summed E-state index contributed by atoms with van der Waals surface area (Å²) in [5, 5.41) is -0.147. The fourth-order valence-corrected chi connectivity index (χ4v) is 1.57. The van der Waals surface area contributed by atoms with Crippen LogP contribution in [0.4, 0.5) is 0 Å². The van der Waals surface area contributed by atoms with Gasteiger partial charge in [-0.3, -0.25) is 4.79 Å². The van der Waals surface area contributed by atoms with Crippen LogP contribution in [-0.2, 0) is 4.79 Å². The minimum atomic E-state index is -0.664. The first-order valence-corrected chi connectivity index (χ1v) is 5.44. The second-order valence-electron chi connectivity index (χ2n) is 3.13. The van der Waals surface area contributed by atoms with Crippen molar-refractivity contribution in [3.63, 3.8) is 0 Å². The number of benzene rings is 1. The van der Waals surface area contributed by atoms with Crippen molar-refractivity contribution in [2.45, 2.75) is 19.2 Å². The fourth-order valence-electron chi connectivity index (χ4n) is 1.22. The third-order valence-corrected chi connectivity index (χ3v) is 2.63. The van der Waals surface area contributed by atoms with Crippen LogP contribution < -0.4 is 4.74 Å². The Morgan fingerprint density at radius 3 is 2.67 bits per heavy atom. The summed E-state index contributed by atoms with van der Waals surface area (Å²) in [7, 11) is 0. The molecule has 82 valence electrons. The van der Waals surface area contributed by atoms with E-state index in [1.54, 1.807) is 18.2 Å². The van der Waals surface area contributed by atoms with E-state index < -0.39 is 5.38 Å². The minimum Gasteiger partial charge on any atom is -0.494 e. The highest BCUT2D eigenvalue weighted by Gasteiger charge is 2.14. The Hall–Kier alpha value is -0.730. The van der Waals surface area contributed by atoms with Gasteiger partial charge < -0.3 is 4.74 Å². The molecule has 1 unspecified atom stereocenters. The van der Waals surface area contributed by atoms with Crippen molar-refractivity contribution >= 4 is 29.0 Å². The van der Waals surface area contributed by atoms with Crippen LogP contribution in [0, 0.1) is 0 Å². The monoisotopic (exact) mass is 246 g/mol. The van der Waals surface area contributed by atoms with Crippen LogP contribution in [0.1, 0.15) is 24.8 Å². The van der Waals surface area contributed by atoms with E-state index in [1.807, 2.05) is 6.92 Å². The molecule has 0 spiro atoms. The van der Waals surface area contributed by atoms with Gasteiger partial charge in [0.1, 0.15) is 11.1 Å². The summed E-state index contributed by atoms with van der Waals surface area (Å²) in [6.45, 7) is 3.87. The number of carbonyl (C=O) groups excluding carboxylic acids is 1. The molecular formula is C11H12Cl2O2. The summed E-state index contributed by atoms with van der Waals surface area (Å²) >= 11 is 11.8. The summed E-state index contributed by atoms with van der Waals surface area (Å²) < 4.78 is 5.30. The molecular weight excluding hydrogens is 235 g/mol. The van der Waals surface area contributed by atoms with Gasteiger partial charge in [0.05, 0.1) is 6.61 Å². The molecule has 0 aliphatic rings. The van der Waals surface area contributed by atoms with Crippen molar-refractivity contribution in [1.29, 1.82) is 0 Å². The maximum atomic E-state index is 11.1. The summed E-state index contributed by atoms with van der Waals surface area (Å²) in [6, 6.07) is 5.09. The highest BCUT2D eigenvalue weighted by molar-refractivity contribution is 6.32. The minimum absolute atomic E-state index is 0.110. The third kappa shape index (κ3) is 3.40. The normalized spacial score (nSPS) is 12.3. The molecule has 1 atom stereocenters. The Morgan fingerprint density at radius 2 is 2.13 bits per heavy atom. The molecule has 1 aromatic carbocycles. The standard InChI is InChI=1S/C11H12Cl2O2/c1-3-15-10-5-8(4-9(12)6-10)11(13)7(2)14/h4-6,11H,3H2,1-2H3. The SMILES string of the molecule is CCOc1cc(Cl)cc(C(Cl)C(C)=O)c1. The Kier molecular flexibility index (Phi) is 4.43. The first-order valence-electron chi connectivity index (χ1n) is 4.62. The maximum absolute atomic E-state index is 11.1. The lowest BCUT2D eigenvalue weighted by atomic mass is 10.1. The molecule has 4 heteroatoms. The number of halogens is 2. The van der Waals surface area contributed by atoms with Crippen molar-refractivity contribution in [3.8, 4) is 5.75 Å². The van der Waals surface area contributed by atoms with Crippen LogP contribution in [0.15, 0.2) is 18.2 Å². The van der Waals surface area contributed by atoms with E-state index in [0.29, 0.717) is 22.9 Å². The summed E-state index contributed by atoms with van der Waals surface area (Å²) in [4.78, 5) is 11.1. The van der Waals surface area contributed by atoms with Gasteiger partial charge >= 0.3 is 0 Å². The van der Waals surface area contributed by atoms with Crippen LogP contribution in [0.25, 0.3) is 0 Å². The van der Waals surface area contributed by atoms with Crippen molar-refractivity contribution in [2.24, 2.45) is 0 Å². The van der Waals surface area contributed by atoms with Gasteiger partial charge in [0, 0.05) is 5.02 Å². The average Bonchev–Trinajstić information content (AvgIpc) is 2.16. The molecule has 2 nitrogen and oxygen atoms in total. The average molecular weight is 247 g/mol. The van der Waals surface area contributed by atoms with E-state index in [0.717, 1.165) is 0 Å². The lowest BCUT2D eigenvalue weighted by Crippen LogP contribution is -2.02. The van der Waals surface area contributed by atoms with Gasteiger partial charge in [0.15, 0.2) is 5.78 Å². The summed E-state index contributed by atoms with van der Waals surface area (Å²) in [5.41, 5.74) is 0.667. The van der Waals surface area contributed by atoms with Crippen LogP contribution in [0.3, 0.4) is 0 Å². The van der Waals surface area contributed by atoms with Gasteiger partial charge in [-0.25, -0.2) is 0 Å². The maximum Gasteiger partial charge on any atom is 0.152 e. The Labute approximate surface area is 99.1 Å². The van der Waals surface area contributed by atoms with Crippen LogP contribution in [0.2, 0.25) is 5.02 Å². The molecule has 1 rings (SSSR count). The molecule has 0 aliphatic carbocycles. The Balaban J connectivity index is 3.02. The van der Waals surface area contributed by atoms with Gasteiger partial charge in [0.25, 0.3) is 0 Å². The molecule has 0 saturated heterocycles. The first-order chi connectivity index (χ1) is 7.04. The van der Waals surface area contributed by atoms with Crippen molar-refractivity contribution in [3.05, 3.63) is 28.8 Å². The van der Waals surface area contributed by atoms with Crippen molar-refractivity contribution < 1.29 is 9.53 Å². The number of alkyl halides is 1. The number of ether oxygens (including phenoxy) is 1. The Bertz CT molecular complexity index is 364. The third-order valence-electron chi connectivity index (χ3n) is 1.85. The lowest BCUT2D eigenvalue weighted by molar-refractivity contribution is -0.116. The molecule has 0 heterocycles. The molecule has 0 amide bonds. The molecule has 0 aliphatic heterocycles. The molecule has 15 heavy (non-hydrogen) atoms. The number of hydrogen-bond acceptors (Lipinski definition) is 2. The van der Waals surface area contributed by atoms with E-state index in [9.17, 15) is 4.79 Å². The van der Waals surface area contributed by atoms with Crippen LogP contribution in [0.5, 0.6) is 5.75 Å². The van der Waals surface area contributed by atoms with Gasteiger partial charge in [-0.15, -0.1) is 11.6 Å². The predicted octanol–water partition coefficient (Wildman–Crippen LogP) is 3.61. The number of rotatable bonds is 4. The fraction of sp³-hybridized carbons (Fsp3) is 0.364. The highest BCUT2D eigenvalue weighted by atomic mass is 35.5. The number of Topliss-reactive ketones (excluding diaryl/α,β-unsaturated/α-hetero) is 1. The number of carbonyl (C=O) groups is 1. The zero-order chi connectivity index (χ0) is 11.4. The number of ketones is 1. The molecule has 0 bridgehead atoms. The van der Waals surface area contributed by atoms with Crippen LogP contribution in [-0.4, -0.2) is 12.4 Å². The predicted molar refractivity (Wildman–Crippen MR) is 61.9 cm³/mol. The molecule has 0 radical (unpaired) electrons. The second-order valence-corrected chi connectivity index (χ2v) is 4.00. The van der Waals surface area contributed by atoms with Crippen LogP contribution >= 0.6 is 23.2 Å². The number of hydrogen-bond donors (Lipinski definition) is 0. The zero-order valence-corrected chi connectivity index (χ0v) is 10.1. The van der Waals surface area contributed by atoms with E-state index in [2.05, 4.69) is 0 Å². The van der Waals surface area contributed by atoms with Gasteiger partial charge in [-0.05, 0) is 37.6 Å². The quantitative estimate of drug-likeness (QED) is 0.759. The van der Waals surface area contributed by atoms with Crippen molar-refractivity contribution in [1.82, 2.24) is 0 Å². The van der Waals surface area contributed by atoms with Gasteiger partial charge in [-0.2, -0.15) is 0 Å². The van der Waals surface area contributed by atoms with E-state index in [1.165, 1.54) is 6.92 Å². The first kappa shape index (κ1) is 12.3. The molecule has 1 aromatic rings. The largest absolute Gasteiger partial charge is 0.494 e. The highest BCUT2D eigenvalue weighted by Crippen LogP contribution is 2.29. The molecule has 0 saturated carbocycles. The van der Waals surface area contributed by atoms with Crippen molar-refractivity contribution in [2.75, 3.05) is 6.61 Å².